The number of hydrogen-bond donors (Lipinski definition) is 1. The number of hydrogen-bond acceptors (Lipinski definition) is 4. The van der Waals surface area contributed by atoms with Crippen molar-refractivity contribution in [3.8, 4) is 0 Å². The fraction of sp³-hybridized carbons (Fsp3) is 0.565. The molecule has 1 unspecified atom stereocenters. The molecule has 1 atom stereocenters. The van der Waals surface area contributed by atoms with E-state index in [9.17, 15) is 9.59 Å². The molecule has 1 N–H and O–H groups in total. The molecule has 2 amide bonds. The highest BCUT2D eigenvalue weighted by Gasteiger charge is 2.35. The number of piperidine rings is 1. The zero-order chi connectivity index (χ0) is 20.5. The molecule has 1 aromatic carbocycles. The summed E-state index contributed by atoms with van der Waals surface area (Å²) in [5.41, 5.74) is 3.63. The van der Waals surface area contributed by atoms with Crippen LogP contribution in [0, 0.1) is 0 Å². The lowest BCUT2D eigenvalue weighted by Gasteiger charge is -2.39. The van der Waals surface area contributed by atoms with Gasteiger partial charge in [0.15, 0.2) is 0 Å². The second kappa shape index (κ2) is 8.40. The Labute approximate surface area is 176 Å². The van der Waals surface area contributed by atoms with Crippen molar-refractivity contribution in [1.82, 2.24) is 19.7 Å². The molecule has 3 aliphatic heterocycles. The SMILES string of the molecule is O=C(CN1CCCCC1C(=O)N1CCOCC1)N1CCc2[nH]c3ccccc3c2C1. The van der Waals surface area contributed by atoms with Crippen molar-refractivity contribution in [2.45, 2.75) is 38.3 Å². The van der Waals surface area contributed by atoms with Gasteiger partial charge in [-0.05, 0) is 25.5 Å². The van der Waals surface area contributed by atoms with Crippen molar-refractivity contribution < 1.29 is 14.3 Å². The van der Waals surface area contributed by atoms with Crippen LogP contribution in [-0.4, -0.2) is 83.5 Å². The number of carbonyl (C=O) groups excluding carboxylic acids is 2. The van der Waals surface area contributed by atoms with Gasteiger partial charge in [0, 0.05) is 54.8 Å². The largest absolute Gasteiger partial charge is 0.378 e. The molecule has 2 aromatic rings. The van der Waals surface area contributed by atoms with Gasteiger partial charge in [0.05, 0.1) is 25.8 Å². The lowest BCUT2D eigenvalue weighted by molar-refractivity contribution is -0.144. The summed E-state index contributed by atoms with van der Waals surface area (Å²) in [5.74, 6) is 0.302. The third-order valence-electron chi connectivity index (χ3n) is 6.80. The van der Waals surface area contributed by atoms with Gasteiger partial charge in [0.2, 0.25) is 11.8 Å². The molecule has 0 saturated carbocycles. The lowest BCUT2D eigenvalue weighted by atomic mass is 10.00. The maximum atomic E-state index is 13.2. The number of benzene rings is 1. The van der Waals surface area contributed by atoms with Crippen LogP contribution >= 0.6 is 0 Å². The summed E-state index contributed by atoms with van der Waals surface area (Å²) in [6.45, 7) is 5.06. The van der Waals surface area contributed by atoms with Crippen molar-refractivity contribution in [2.24, 2.45) is 0 Å². The zero-order valence-electron chi connectivity index (χ0n) is 17.4. The number of rotatable bonds is 3. The summed E-state index contributed by atoms with van der Waals surface area (Å²) in [7, 11) is 0. The van der Waals surface area contributed by atoms with Gasteiger partial charge >= 0.3 is 0 Å². The smallest absolute Gasteiger partial charge is 0.240 e. The van der Waals surface area contributed by atoms with E-state index in [-0.39, 0.29) is 17.9 Å². The average molecular weight is 411 g/mol. The second-order valence-corrected chi connectivity index (χ2v) is 8.61. The first-order valence-corrected chi connectivity index (χ1v) is 11.2. The highest BCUT2D eigenvalue weighted by Crippen LogP contribution is 2.28. The zero-order valence-corrected chi connectivity index (χ0v) is 17.4. The van der Waals surface area contributed by atoms with Gasteiger partial charge in [0.25, 0.3) is 0 Å². The summed E-state index contributed by atoms with van der Waals surface area (Å²) in [6.07, 6.45) is 3.79. The third-order valence-corrected chi connectivity index (χ3v) is 6.80. The van der Waals surface area contributed by atoms with Crippen molar-refractivity contribution >= 4 is 22.7 Å². The van der Waals surface area contributed by atoms with E-state index in [1.807, 2.05) is 21.9 Å². The quantitative estimate of drug-likeness (QED) is 0.837. The molecule has 0 aliphatic carbocycles. The first kappa shape index (κ1) is 19.6. The molecule has 30 heavy (non-hydrogen) atoms. The molecule has 5 rings (SSSR count). The van der Waals surface area contributed by atoms with Crippen LogP contribution in [0.25, 0.3) is 10.9 Å². The topological polar surface area (TPSA) is 68.9 Å². The molecule has 7 heteroatoms. The van der Waals surface area contributed by atoms with E-state index in [1.54, 1.807) is 0 Å². The Morgan fingerprint density at radius 1 is 1.03 bits per heavy atom. The summed E-state index contributed by atoms with van der Waals surface area (Å²) < 4.78 is 5.39. The number of H-pyrrole nitrogens is 1. The molecular weight excluding hydrogens is 380 g/mol. The first-order chi connectivity index (χ1) is 14.7. The van der Waals surface area contributed by atoms with Gasteiger partial charge in [-0.25, -0.2) is 0 Å². The molecular formula is C23H30N4O3. The summed E-state index contributed by atoms with van der Waals surface area (Å²) in [5, 5.41) is 1.21. The predicted octanol–water partition coefficient (Wildman–Crippen LogP) is 1.77. The van der Waals surface area contributed by atoms with Gasteiger partial charge in [-0.1, -0.05) is 24.6 Å². The van der Waals surface area contributed by atoms with Crippen LogP contribution in [0.4, 0.5) is 0 Å². The molecule has 2 saturated heterocycles. The van der Waals surface area contributed by atoms with Gasteiger partial charge in [0.1, 0.15) is 0 Å². The number of aromatic nitrogens is 1. The van der Waals surface area contributed by atoms with Crippen LogP contribution in [0.15, 0.2) is 24.3 Å². The molecule has 0 spiro atoms. The Bertz CT molecular complexity index is 934. The van der Waals surface area contributed by atoms with Crippen LogP contribution in [0.5, 0.6) is 0 Å². The Kier molecular flexibility index (Phi) is 5.48. The average Bonchev–Trinajstić information content (AvgIpc) is 3.17. The van der Waals surface area contributed by atoms with E-state index in [1.165, 1.54) is 16.6 Å². The number of carbonyl (C=O) groups is 2. The number of fused-ring (bicyclic) bond motifs is 3. The Balaban J connectivity index is 1.27. The van der Waals surface area contributed by atoms with E-state index in [4.69, 9.17) is 4.74 Å². The highest BCUT2D eigenvalue weighted by atomic mass is 16.5. The standard InChI is InChI=1S/C23H30N4O3/c28-22(27-10-8-20-18(15-27)17-5-1-2-6-19(17)24-20)16-26-9-4-3-7-21(26)23(29)25-11-13-30-14-12-25/h1-2,5-6,21,24H,3-4,7-16H2. The van der Waals surface area contributed by atoms with Crippen molar-refractivity contribution in [3.05, 3.63) is 35.5 Å². The van der Waals surface area contributed by atoms with Crippen molar-refractivity contribution in [1.29, 1.82) is 0 Å². The Hall–Kier alpha value is -2.38. The maximum absolute atomic E-state index is 13.2. The van der Waals surface area contributed by atoms with E-state index in [2.05, 4.69) is 22.0 Å². The lowest BCUT2D eigenvalue weighted by Crippen LogP contribution is -2.55. The first-order valence-electron chi connectivity index (χ1n) is 11.2. The molecule has 4 heterocycles. The van der Waals surface area contributed by atoms with Crippen LogP contribution in [0.1, 0.15) is 30.5 Å². The van der Waals surface area contributed by atoms with Gasteiger partial charge in [-0.2, -0.15) is 0 Å². The number of nitrogens with zero attached hydrogens (tertiary/aromatic N) is 3. The van der Waals surface area contributed by atoms with E-state index >= 15 is 0 Å². The number of para-hydroxylation sites is 1. The molecule has 160 valence electrons. The third kappa shape index (κ3) is 3.72. The summed E-state index contributed by atoms with van der Waals surface area (Å²) >= 11 is 0. The summed E-state index contributed by atoms with van der Waals surface area (Å²) in [4.78, 5) is 35.8. The highest BCUT2D eigenvalue weighted by molar-refractivity contribution is 5.87. The predicted molar refractivity (Wildman–Crippen MR) is 114 cm³/mol. The number of aromatic amines is 1. The minimum Gasteiger partial charge on any atom is -0.378 e. The van der Waals surface area contributed by atoms with E-state index in [0.29, 0.717) is 39.4 Å². The van der Waals surface area contributed by atoms with Crippen LogP contribution in [0.3, 0.4) is 0 Å². The van der Waals surface area contributed by atoms with Crippen molar-refractivity contribution in [2.75, 3.05) is 45.9 Å². The van der Waals surface area contributed by atoms with Crippen LogP contribution in [0.2, 0.25) is 0 Å². The number of nitrogens with one attached hydrogen (secondary N) is 1. The normalized spacial score (nSPS) is 22.9. The van der Waals surface area contributed by atoms with Gasteiger partial charge < -0.3 is 19.5 Å². The minimum absolute atomic E-state index is 0.132. The maximum Gasteiger partial charge on any atom is 0.240 e. The number of morpholine rings is 1. The van der Waals surface area contributed by atoms with Gasteiger partial charge in [-0.3, -0.25) is 14.5 Å². The Morgan fingerprint density at radius 3 is 2.73 bits per heavy atom. The molecule has 3 aliphatic rings. The molecule has 7 nitrogen and oxygen atoms in total. The fourth-order valence-corrected chi connectivity index (χ4v) is 5.11. The number of amides is 2. The second-order valence-electron chi connectivity index (χ2n) is 8.61. The Morgan fingerprint density at radius 2 is 1.87 bits per heavy atom. The summed E-state index contributed by atoms with van der Waals surface area (Å²) in [6, 6.07) is 8.13. The molecule has 0 radical (unpaired) electrons. The van der Waals surface area contributed by atoms with Crippen molar-refractivity contribution in [3.63, 3.8) is 0 Å². The number of likely N-dealkylation sites (tertiary alicyclic amines) is 1. The minimum atomic E-state index is -0.172. The van der Waals surface area contributed by atoms with E-state index < -0.39 is 0 Å². The monoisotopic (exact) mass is 410 g/mol. The van der Waals surface area contributed by atoms with Gasteiger partial charge in [-0.15, -0.1) is 0 Å². The van der Waals surface area contributed by atoms with Crippen LogP contribution < -0.4 is 0 Å². The molecule has 1 aromatic heterocycles. The number of ether oxygens (including phenoxy) is 1. The fourth-order valence-electron chi connectivity index (χ4n) is 5.11. The van der Waals surface area contributed by atoms with E-state index in [0.717, 1.165) is 44.3 Å². The molecule has 0 bridgehead atoms. The molecule has 2 fully saturated rings. The van der Waals surface area contributed by atoms with Crippen LogP contribution in [-0.2, 0) is 27.3 Å².